The molecule has 0 saturated carbocycles. The average molecular weight is 499 g/mol. The van der Waals surface area contributed by atoms with E-state index in [1.807, 2.05) is 18.2 Å². The minimum Gasteiger partial charge on any atom is -0.458 e. The van der Waals surface area contributed by atoms with Crippen molar-refractivity contribution in [2.75, 3.05) is 5.32 Å². The van der Waals surface area contributed by atoms with E-state index >= 15 is 0 Å². The summed E-state index contributed by atoms with van der Waals surface area (Å²) in [5.74, 6) is 1.08. The Kier molecular flexibility index (Phi) is 5.05. The number of halogens is 1. The van der Waals surface area contributed by atoms with Gasteiger partial charge in [-0.25, -0.2) is 0 Å². The molecule has 1 aliphatic carbocycles. The van der Waals surface area contributed by atoms with Crippen molar-refractivity contribution in [3.05, 3.63) is 98.8 Å². The van der Waals surface area contributed by atoms with Crippen LogP contribution in [0.15, 0.2) is 76.7 Å². The number of rotatable bonds is 3. The highest BCUT2D eigenvalue weighted by atomic mass is 35.5. The standard InChI is InChI=1S/C29H23ClN2O4/c1-29(2)14-20-26-18-6-4-3-5-16(18)7-10-22(26)31-28(27(20)23(33)15-29)25-12-11-24(36-25)19-13-17(32(34)35)8-9-21(19)30/h3-13,28,31H,14-15H2,1-2H3/t28-/m1/s1. The number of fused-ring (bicyclic) bond motifs is 4. The van der Waals surface area contributed by atoms with E-state index in [0.717, 1.165) is 39.6 Å². The van der Waals surface area contributed by atoms with Crippen LogP contribution < -0.4 is 5.32 Å². The molecule has 36 heavy (non-hydrogen) atoms. The highest BCUT2D eigenvalue weighted by Crippen LogP contribution is 2.52. The molecule has 6 nitrogen and oxygen atoms in total. The Labute approximate surface area is 212 Å². The predicted molar refractivity (Wildman–Crippen MR) is 141 cm³/mol. The summed E-state index contributed by atoms with van der Waals surface area (Å²) in [4.78, 5) is 24.4. The molecule has 2 heterocycles. The summed E-state index contributed by atoms with van der Waals surface area (Å²) in [6, 6.07) is 19.7. The van der Waals surface area contributed by atoms with Gasteiger partial charge in [-0.05, 0) is 52.4 Å². The van der Waals surface area contributed by atoms with Gasteiger partial charge in [0.05, 0.1) is 9.95 Å². The van der Waals surface area contributed by atoms with Crippen molar-refractivity contribution < 1.29 is 14.1 Å². The van der Waals surface area contributed by atoms with Crippen molar-refractivity contribution in [1.29, 1.82) is 0 Å². The lowest BCUT2D eigenvalue weighted by atomic mass is 9.68. The summed E-state index contributed by atoms with van der Waals surface area (Å²) in [5, 5.41) is 17.4. The van der Waals surface area contributed by atoms with Crippen molar-refractivity contribution >= 4 is 45.1 Å². The number of allylic oxidation sites excluding steroid dienone is 1. The fraction of sp³-hybridized carbons (Fsp3) is 0.207. The third-order valence-corrected chi connectivity index (χ3v) is 7.41. The van der Waals surface area contributed by atoms with Gasteiger partial charge in [0.15, 0.2) is 5.78 Å². The Morgan fingerprint density at radius 1 is 1.06 bits per heavy atom. The number of non-ortho nitro benzene ring substituents is 1. The summed E-state index contributed by atoms with van der Waals surface area (Å²) in [7, 11) is 0. The van der Waals surface area contributed by atoms with Crippen molar-refractivity contribution in [3.63, 3.8) is 0 Å². The maximum Gasteiger partial charge on any atom is 0.270 e. The first-order chi connectivity index (χ1) is 17.2. The van der Waals surface area contributed by atoms with Crippen LogP contribution in [-0.2, 0) is 4.79 Å². The number of furan rings is 1. The minimum absolute atomic E-state index is 0.0707. The monoisotopic (exact) mass is 498 g/mol. The van der Waals surface area contributed by atoms with Crippen LogP contribution in [0, 0.1) is 15.5 Å². The molecule has 1 atom stereocenters. The van der Waals surface area contributed by atoms with Crippen LogP contribution in [0.25, 0.3) is 27.7 Å². The first-order valence-corrected chi connectivity index (χ1v) is 12.2. The van der Waals surface area contributed by atoms with Gasteiger partial charge in [-0.3, -0.25) is 14.9 Å². The number of anilines is 1. The molecule has 0 saturated heterocycles. The molecule has 0 fully saturated rings. The third-order valence-electron chi connectivity index (χ3n) is 7.08. The highest BCUT2D eigenvalue weighted by molar-refractivity contribution is 6.33. The predicted octanol–water partition coefficient (Wildman–Crippen LogP) is 7.97. The van der Waals surface area contributed by atoms with E-state index in [0.29, 0.717) is 28.5 Å². The van der Waals surface area contributed by atoms with Crippen LogP contribution in [-0.4, -0.2) is 10.7 Å². The molecule has 7 heteroatoms. The van der Waals surface area contributed by atoms with E-state index in [1.165, 1.54) is 18.2 Å². The van der Waals surface area contributed by atoms with Gasteiger partial charge in [0.2, 0.25) is 0 Å². The van der Waals surface area contributed by atoms with Crippen LogP contribution in [0.3, 0.4) is 0 Å². The number of ketones is 1. The Hall–Kier alpha value is -3.90. The van der Waals surface area contributed by atoms with Gasteiger partial charge in [0.25, 0.3) is 5.69 Å². The molecule has 0 amide bonds. The van der Waals surface area contributed by atoms with Crippen LogP contribution in [0.5, 0.6) is 0 Å². The Morgan fingerprint density at radius 2 is 1.86 bits per heavy atom. The molecule has 1 N–H and O–H groups in total. The first-order valence-electron chi connectivity index (χ1n) is 11.8. The Bertz CT molecular complexity index is 1610. The summed E-state index contributed by atoms with van der Waals surface area (Å²) >= 11 is 6.36. The van der Waals surface area contributed by atoms with E-state index in [9.17, 15) is 14.9 Å². The van der Waals surface area contributed by atoms with E-state index in [4.69, 9.17) is 16.0 Å². The number of hydrogen-bond acceptors (Lipinski definition) is 5. The molecule has 0 unspecified atom stereocenters. The van der Waals surface area contributed by atoms with Crippen molar-refractivity contribution in [3.8, 4) is 11.3 Å². The number of nitro groups is 1. The number of carbonyl (C=O) groups excluding carboxylic acids is 1. The van der Waals surface area contributed by atoms with Gasteiger partial charge in [0.1, 0.15) is 17.6 Å². The fourth-order valence-corrected chi connectivity index (χ4v) is 5.73. The van der Waals surface area contributed by atoms with Crippen LogP contribution >= 0.6 is 11.6 Å². The largest absolute Gasteiger partial charge is 0.458 e. The average Bonchev–Trinajstić information content (AvgIpc) is 3.32. The molecule has 4 aromatic rings. The zero-order valence-corrected chi connectivity index (χ0v) is 20.6. The Morgan fingerprint density at radius 3 is 2.67 bits per heavy atom. The highest BCUT2D eigenvalue weighted by Gasteiger charge is 2.41. The number of carbonyl (C=O) groups is 1. The van der Waals surface area contributed by atoms with E-state index in [-0.39, 0.29) is 16.9 Å². The normalized spacial score (nSPS) is 18.5. The molecule has 0 bridgehead atoms. The smallest absolute Gasteiger partial charge is 0.270 e. The van der Waals surface area contributed by atoms with E-state index in [2.05, 4.69) is 43.4 Å². The number of Topliss-reactive ketones (excluding diaryl/α,β-unsaturated/α-hetero) is 1. The molecule has 0 spiro atoms. The van der Waals surface area contributed by atoms with Crippen LogP contribution in [0.1, 0.15) is 44.1 Å². The topological polar surface area (TPSA) is 85.4 Å². The quantitative estimate of drug-likeness (QED) is 0.228. The molecular formula is C29H23ClN2O4. The zero-order chi connectivity index (χ0) is 25.2. The zero-order valence-electron chi connectivity index (χ0n) is 19.8. The third kappa shape index (κ3) is 3.60. The van der Waals surface area contributed by atoms with E-state index in [1.54, 1.807) is 6.07 Å². The molecule has 3 aromatic carbocycles. The number of nitrogens with zero attached hydrogens (tertiary/aromatic N) is 1. The summed E-state index contributed by atoms with van der Waals surface area (Å²) in [6.45, 7) is 4.26. The SMILES string of the molecule is CC1(C)CC(=O)C2=C(C1)c1c(ccc3ccccc13)N[C@@H]2c1ccc(-c2cc([N+](=O)[O-])ccc2Cl)o1. The molecule has 2 aliphatic rings. The summed E-state index contributed by atoms with van der Waals surface area (Å²) in [6.07, 6.45) is 1.23. The number of nitro benzene ring substituents is 1. The second-order valence-corrected chi connectivity index (χ2v) is 10.7. The lowest BCUT2D eigenvalue weighted by Crippen LogP contribution is -2.33. The van der Waals surface area contributed by atoms with Gasteiger partial charge in [0, 0.05) is 40.9 Å². The molecule has 180 valence electrons. The second kappa shape index (κ2) is 8.07. The lowest BCUT2D eigenvalue weighted by molar-refractivity contribution is -0.384. The Balaban J connectivity index is 1.51. The molecule has 1 aromatic heterocycles. The lowest BCUT2D eigenvalue weighted by Gasteiger charge is -2.39. The molecule has 1 aliphatic heterocycles. The summed E-state index contributed by atoms with van der Waals surface area (Å²) < 4.78 is 6.22. The number of benzene rings is 3. The van der Waals surface area contributed by atoms with Gasteiger partial charge < -0.3 is 9.73 Å². The molecule has 0 radical (unpaired) electrons. The van der Waals surface area contributed by atoms with Crippen LogP contribution in [0.2, 0.25) is 5.02 Å². The number of hydrogen-bond donors (Lipinski definition) is 1. The fourth-order valence-electron chi connectivity index (χ4n) is 5.52. The summed E-state index contributed by atoms with van der Waals surface area (Å²) in [5.41, 5.74) is 4.02. The number of nitrogens with one attached hydrogen (secondary N) is 1. The van der Waals surface area contributed by atoms with E-state index < -0.39 is 11.0 Å². The second-order valence-electron chi connectivity index (χ2n) is 10.2. The van der Waals surface area contributed by atoms with Gasteiger partial charge >= 0.3 is 0 Å². The van der Waals surface area contributed by atoms with Crippen molar-refractivity contribution in [2.45, 2.75) is 32.7 Å². The van der Waals surface area contributed by atoms with Gasteiger partial charge in [-0.1, -0.05) is 55.8 Å². The maximum absolute atomic E-state index is 13.6. The first kappa shape index (κ1) is 22.6. The van der Waals surface area contributed by atoms with Crippen LogP contribution in [0.4, 0.5) is 11.4 Å². The molecule has 6 rings (SSSR count). The maximum atomic E-state index is 13.6. The van der Waals surface area contributed by atoms with Gasteiger partial charge in [-0.2, -0.15) is 0 Å². The minimum atomic E-state index is -0.469. The van der Waals surface area contributed by atoms with Crippen molar-refractivity contribution in [1.82, 2.24) is 0 Å². The van der Waals surface area contributed by atoms with Gasteiger partial charge in [-0.15, -0.1) is 0 Å². The molecular weight excluding hydrogens is 476 g/mol. The van der Waals surface area contributed by atoms with Crippen molar-refractivity contribution in [2.24, 2.45) is 5.41 Å².